The first kappa shape index (κ1) is 12.5. The zero-order valence-corrected chi connectivity index (χ0v) is 12.2. The Hall–Kier alpha value is -1.58. The number of para-hydroxylation sites is 1. The number of fused-ring (bicyclic) bond motifs is 1. The molecule has 0 aliphatic carbocycles. The minimum absolute atomic E-state index is 0.123. The van der Waals surface area contributed by atoms with Crippen molar-refractivity contribution in [3.63, 3.8) is 0 Å². The van der Waals surface area contributed by atoms with Gasteiger partial charge in [-0.25, -0.2) is 0 Å². The first-order valence-electron chi connectivity index (χ1n) is 6.39. The molecular weight excluding hydrogens is 254 g/mol. The zero-order valence-electron chi connectivity index (χ0n) is 11.4. The van der Waals surface area contributed by atoms with Crippen LogP contribution in [0.2, 0.25) is 0 Å². The molecule has 0 radical (unpaired) electrons. The molecule has 0 bridgehead atoms. The van der Waals surface area contributed by atoms with Gasteiger partial charge in [0.15, 0.2) is 0 Å². The second kappa shape index (κ2) is 4.83. The summed E-state index contributed by atoms with van der Waals surface area (Å²) in [5.74, 6) is 0.980. The lowest BCUT2D eigenvalue weighted by molar-refractivity contribution is 0.490. The van der Waals surface area contributed by atoms with Crippen LogP contribution in [0.3, 0.4) is 0 Å². The van der Waals surface area contributed by atoms with Crippen molar-refractivity contribution in [2.75, 3.05) is 7.05 Å². The number of furan rings is 1. The van der Waals surface area contributed by atoms with Gasteiger partial charge < -0.3 is 9.73 Å². The van der Waals surface area contributed by atoms with Gasteiger partial charge in [-0.1, -0.05) is 18.2 Å². The van der Waals surface area contributed by atoms with Crippen LogP contribution < -0.4 is 5.32 Å². The summed E-state index contributed by atoms with van der Waals surface area (Å²) in [6.45, 7) is 4.23. The average Bonchev–Trinajstić information content (AvgIpc) is 2.99. The number of benzene rings is 1. The number of hydrogen-bond acceptors (Lipinski definition) is 3. The van der Waals surface area contributed by atoms with E-state index in [4.69, 9.17) is 4.42 Å². The Morgan fingerprint density at radius 2 is 2.00 bits per heavy atom. The van der Waals surface area contributed by atoms with Gasteiger partial charge in [-0.05, 0) is 54.4 Å². The van der Waals surface area contributed by atoms with Crippen LogP contribution >= 0.6 is 11.3 Å². The molecule has 2 aromatic heterocycles. The summed E-state index contributed by atoms with van der Waals surface area (Å²) in [5.41, 5.74) is 4.78. The van der Waals surface area contributed by atoms with E-state index in [1.54, 1.807) is 11.3 Å². The average molecular weight is 271 g/mol. The summed E-state index contributed by atoms with van der Waals surface area (Å²) >= 11 is 1.73. The van der Waals surface area contributed by atoms with Gasteiger partial charge in [-0.15, -0.1) is 0 Å². The fraction of sp³-hybridized carbons (Fsp3) is 0.250. The maximum Gasteiger partial charge on any atom is 0.137 e. The fourth-order valence-corrected chi connectivity index (χ4v) is 3.37. The molecule has 0 saturated carbocycles. The molecular formula is C16H17NOS. The van der Waals surface area contributed by atoms with Crippen molar-refractivity contribution in [1.82, 2.24) is 5.32 Å². The molecule has 0 fully saturated rings. The minimum atomic E-state index is 0.123. The Bertz CT molecular complexity index is 710. The van der Waals surface area contributed by atoms with Crippen molar-refractivity contribution in [1.29, 1.82) is 0 Å². The standard InChI is InChI=1S/C16H17NOS/c1-10-5-4-6-12-7-14(18-16(10)12)15(17-3)13-9-19-8-11(13)2/h4-9,15,17H,1-3H3. The van der Waals surface area contributed by atoms with Gasteiger partial charge in [-0.2, -0.15) is 11.3 Å². The minimum Gasteiger partial charge on any atom is -0.459 e. The molecule has 2 nitrogen and oxygen atoms in total. The van der Waals surface area contributed by atoms with Crippen molar-refractivity contribution in [2.45, 2.75) is 19.9 Å². The van der Waals surface area contributed by atoms with E-state index in [9.17, 15) is 0 Å². The van der Waals surface area contributed by atoms with Crippen molar-refractivity contribution in [3.8, 4) is 0 Å². The Morgan fingerprint density at radius 3 is 2.63 bits per heavy atom. The molecule has 2 heterocycles. The van der Waals surface area contributed by atoms with Crippen LogP contribution in [0.1, 0.15) is 28.5 Å². The van der Waals surface area contributed by atoms with Gasteiger partial charge in [0.2, 0.25) is 0 Å². The second-order valence-corrected chi connectivity index (χ2v) is 5.62. The third-order valence-corrected chi connectivity index (χ3v) is 4.42. The molecule has 0 saturated heterocycles. The molecule has 19 heavy (non-hydrogen) atoms. The van der Waals surface area contributed by atoms with E-state index >= 15 is 0 Å². The molecule has 1 aromatic carbocycles. The highest BCUT2D eigenvalue weighted by molar-refractivity contribution is 7.08. The first-order valence-corrected chi connectivity index (χ1v) is 7.34. The largest absolute Gasteiger partial charge is 0.459 e. The van der Waals surface area contributed by atoms with Crippen LogP contribution in [0, 0.1) is 13.8 Å². The van der Waals surface area contributed by atoms with Gasteiger partial charge in [-0.3, -0.25) is 0 Å². The maximum absolute atomic E-state index is 6.07. The number of thiophene rings is 1. The normalized spacial score (nSPS) is 13.0. The Balaban J connectivity index is 2.12. The summed E-state index contributed by atoms with van der Waals surface area (Å²) < 4.78 is 6.07. The van der Waals surface area contributed by atoms with E-state index in [0.29, 0.717) is 0 Å². The van der Waals surface area contributed by atoms with Crippen LogP contribution in [-0.2, 0) is 0 Å². The SMILES string of the molecule is CNC(c1cc2cccc(C)c2o1)c1cscc1C. The Labute approximate surface area is 117 Å². The quantitative estimate of drug-likeness (QED) is 0.763. The highest BCUT2D eigenvalue weighted by Gasteiger charge is 2.19. The molecule has 3 rings (SSSR count). The van der Waals surface area contributed by atoms with Crippen LogP contribution in [0.15, 0.2) is 39.4 Å². The fourth-order valence-electron chi connectivity index (χ4n) is 2.49. The number of hydrogen-bond donors (Lipinski definition) is 1. The van der Waals surface area contributed by atoms with Crippen molar-refractivity contribution in [3.05, 3.63) is 57.5 Å². The summed E-state index contributed by atoms with van der Waals surface area (Å²) in [6, 6.07) is 8.52. The number of rotatable bonds is 3. The predicted molar refractivity (Wildman–Crippen MR) is 80.9 cm³/mol. The molecule has 3 aromatic rings. The van der Waals surface area contributed by atoms with Crippen LogP contribution in [0.4, 0.5) is 0 Å². The topological polar surface area (TPSA) is 25.2 Å². The number of aryl methyl sites for hydroxylation is 2. The lowest BCUT2D eigenvalue weighted by atomic mass is 10.0. The first-order chi connectivity index (χ1) is 9.20. The smallest absolute Gasteiger partial charge is 0.137 e. The predicted octanol–water partition coefficient (Wildman–Crippen LogP) is 4.42. The van der Waals surface area contributed by atoms with Gasteiger partial charge in [0.1, 0.15) is 11.3 Å². The summed E-state index contributed by atoms with van der Waals surface area (Å²) in [5, 5.41) is 8.89. The molecule has 98 valence electrons. The Morgan fingerprint density at radius 1 is 1.16 bits per heavy atom. The van der Waals surface area contributed by atoms with Gasteiger partial charge >= 0.3 is 0 Å². The monoisotopic (exact) mass is 271 g/mol. The third-order valence-electron chi connectivity index (χ3n) is 3.54. The molecule has 1 N–H and O–H groups in total. The summed E-state index contributed by atoms with van der Waals surface area (Å²) in [4.78, 5) is 0. The summed E-state index contributed by atoms with van der Waals surface area (Å²) in [6.07, 6.45) is 0. The molecule has 0 spiro atoms. The van der Waals surface area contributed by atoms with E-state index in [0.717, 1.165) is 11.3 Å². The molecule has 0 aliphatic heterocycles. The van der Waals surface area contributed by atoms with Crippen LogP contribution in [0.25, 0.3) is 11.0 Å². The van der Waals surface area contributed by atoms with E-state index in [2.05, 4.69) is 54.2 Å². The van der Waals surface area contributed by atoms with E-state index < -0.39 is 0 Å². The second-order valence-electron chi connectivity index (χ2n) is 4.87. The Kier molecular flexibility index (Phi) is 3.17. The van der Waals surface area contributed by atoms with Crippen molar-refractivity contribution < 1.29 is 4.42 Å². The highest BCUT2D eigenvalue weighted by atomic mass is 32.1. The van der Waals surface area contributed by atoms with Gasteiger partial charge in [0.05, 0.1) is 6.04 Å². The zero-order chi connectivity index (χ0) is 13.4. The molecule has 0 aliphatic rings. The molecule has 3 heteroatoms. The van der Waals surface area contributed by atoms with Gasteiger partial charge in [0.25, 0.3) is 0 Å². The van der Waals surface area contributed by atoms with Crippen molar-refractivity contribution in [2.24, 2.45) is 0 Å². The lowest BCUT2D eigenvalue weighted by Gasteiger charge is -2.13. The molecule has 1 atom stereocenters. The summed E-state index contributed by atoms with van der Waals surface area (Å²) in [7, 11) is 1.97. The third kappa shape index (κ3) is 2.09. The van der Waals surface area contributed by atoms with Crippen molar-refractivity contribution >= 4 is 22.3 Å². The number of nitrogens with one attached hydrogen (secondary N) is 1. The highest BCUT2D eigenvalue weighted by Crippen LogP contribution is 2.32. The molecule has 0 amide bonds. The van der Waals surface area contributed by atoms with E-state index in [1.807, 2.05) is 7.05 Å². The van der Waals surface area contributed by atoms with E-state index in [-0.39, 0.29) is 6.04 Å². The van der Waals surface area contributed by atoms with Crippen LogP contribution in [-0.4, -0.2) is 7.05 Å². The lowest BCUT2D eigenvalue weighted by Crippen LogP contribution is -2.17. The maximum atomic E-state index is 6.07. The van der Waals surface area contributed by atoms with E-state index in [1.165, 1.54) is 22.1 Å². The van der Waals surface area contributed by atoms with Crippen LogP contribution in [0.5, 0.6) is 0 Å². The van der Waals surface area contributed by atoms with Gasteiger partial charge in [0, 0.05) is 5.39 Å². The molecule has 1 unspecified atom stereocenters.